The van der Waals surface area contributed by atoms with Crippen LogP contribution < -0.4 is 10.1 Å². The summed E-state index contributed by atoms with van der Waals surface area (Å²) in [6.07, 6.45) is 0.224. The van der Waals surface area contributed by atoms with E-state index in [0.29, 0.717) is 31.1 Å². The molecule has 1 aromatic rings. The van der Waals surface area contributed by atoms with Gasteiger partial charge >= 0.3 is 0 Å². The summed E-state index contributed by atoms with van der Waals surface area (Å²) >= 11 is 0. The minimum absolute atomic E-state index is 0.0405. The van der Waals surface area contributed by atoms with Gasteiger partial charge in [0, 0.05) is 13.2 Å². The Balaban J connectivity index is 2.05. The molecule has 0 heterocycles. The molecule has 0 saturated heterocycles. The second kappa shape index (κ2) is 11.1. The molecule has 0 aromatic heterocycles. The van der Waals surface area contributed by atoms with Crippen LogP contribution in [0.25, 0.3) is 0 Å². The topological polar surface area (TPSA) is 94.7 Å². The first kappa shape index (κ1) is 17.4. The third-order valence-corrected chi connectivity index (χ3v) is 2.68. The molecule has 0 bridgehead atoms. The lowest BCUT2D eigenvalue weighted by Gasteiger charge is -2.13. The summed E-state index contributed by atoms with van der Waals surface area (Å²) in [5.41, 5.74) is 0.577. The van der Waals surface area contributed by atoms with E-state index in [4.69, 9.17) is 19.8 Å². The van der Waals surface area contributed by atoms with Crippen LogP contribution in [0.5, 0.6) is 5.75 Å². The van der Waals surface area contributed by atoms with E-state index >= 15 is 0 Å². The van der Waals surface area contributed by atoms with Gasteiger partial charge in [-0.15, -0.1) is 0 Å². The number of nitrogens with one attached hydrogen (secondary N) is 1. The van der Waals surface area contributed by atoms with E-state index in [1.165, 1.54) is 0 Å². The Kier molecular flexibility index (Phi) is 9.16. The molecular formula is C15H22N2O4. The molecule has 0 aliphatic carbocycles. The summed E-state index contributed by atoms with van der Waals surface area (Å²) in [5, 5.41) is 30.0. The van der Waals surface area contributed by atoms with Crippen LogP contribution in [0.2, 0.25) is 0 Å². The van der Waals surface area contributed by atoms with Crippen molar-refractivity contribution in [3.8, 4) is 11.8 Å². The lowest BCUT2D eigenvalue weighted by atomic mass is 10.2. The fourth-order valence-electron chi connectivity index (χ4n) is 1.61. The van der Waals surface area contributed by atoms with Crippen LogP contribution in [0.3, 0.4) is 0 Å². The zero-order valence-corrected chi connectivity index (χ0v) is 12.0. The van der Waals surface area contributed by atoms with Gasteiger partial charge < -0.3 is 25.0 Å². The molecule has 1 rings (SSSR count). The van der Waals surface area contributed by atoms with Crippen molar-refractivity contribution in [2.24, 2.45) is 0 Å². The molecule has 0 radical (unpaired) electrons. The largest absolute Gasteiger partial charge is 0.491 e. The van der Waals surface area contributed by atoms with Crippen molar-refractivity contribution in [3.05, 3.63) is 29.8 Å². The number of hydrogen-bond donors (Lipinski definition) is 3. The van der Waals surface area contributed by atoms with Crippen molar-refractivity contribution in [1.82, 2.24) is 5.32 Å². The number of hydrogen-bond acceptors (Lipinski definition) is 6. The second-order valence-corrected chi connectivity index (χ2v) is 4.49. The predicted octanol–water partition coefficient (Wildman–Crippen LogP) is 0.287. The normalized spacial score (nSPS) is 11.9. The average Bonchev–Trinajstić information content (AvgIpc) is 2.52. The summed E-state index contributed by atoms with van der Waals surface area (Å²) in [6.45, 7) is 2.36. The summed E-state index contributed by atoms with van der Waals surface area (Å²) in [5.74, 6) is 0.630. The van der Waals surface area contributed by atoms with Gasteiger partial charge in [0.2, 0.25) is 0 Å². The molecule has 0 spiro atoms. The Labute approximate surface area is 124 Å². The Morgan fingerprint density at radius 2 is 2.00 bits per heavy atom. The van der Waals surface area contributed by atoms with Gasteiger partial charge in [-0.25, -0.2) is 0 Å². The van der Waals surface area contributed by atoms with Crippen LogP contribution in [0.15, 0.2) is 24.3 Å². The van der Waals surface area contributed by atoms with E-state index < -0.39 is 6.10 Å². The number of ether oxygens (including phenoxy) is 2. The van der Waals surface area contributed by atoms with Gasteiger partial charge in [-0.1, -0.05) is 0 Å². The Morgan fingerprint density at radius 1 is 1.24 bits per heavy atom. The van der Waals surface area contributed by atoms with Crippen molar-refractivity contribution >= 4 is 0 Å². The van der Waals surface area contributed by atoms with E-state index in [9.17, 15) is 5.11 Å². The first-order valence-corrected chi connectivity index (χ1v) is 6.96. The second-order valence-electron chi connectivity index (χ2n) is 4.49. The minimum Gasteiger partial charge on any atom is -0.491 e. The molecule has 6 heteroatoms. The lowest BCUT2D eigenvalue weighted by molar-refractivity contribution is 0.0875. The Hall–Kier alpha value is -1.65. The molecule has 0 aliphatic rings. The Morgan fingerprint density at radius 3 is 2.67 bits per heavy atom. The van der Waals surface area contributed by atoms with Crippen molar-refractivity contribution in [2.45, 2.75) is 12.5 Å². The Bertz CT molecular complexity index is 417. The van der Waals surface area contributed by atoms with Crippen LogP contribution in [0.4, 0.5) is 0 Å². The summed E-state index contributed by atoms with van der Waals surface area (Å²) < 4.78 is 10.5. The number of aliphatic hydroxyl groups is 2. The number of nitrogens with zero attached hydrogens (tertiary/aromatic N) is 1. The molecule has 0 aliphatic heterocycles. The van der Waals surface area contributed by atoms with Gasteiger partial charge in [0.15, 0.2) is 0 Å². The van der Waals surface area contributed by atoms with Crippen LogP contribution in [0.1, 0.15) is 12.0 Å². The molecule has 0 amide bonds. The predicted molar refractivity (Wildman–Crippen MR) is 78.1 cm³/mol. The zero-order chi connectivity index (χ0) is 15.3. The van der Waals surface area contributed by atoms with Crippen LogP contribution in [0, 0.1) is 11.3 Å². The highest BCUT2D eigenvalue weighted by Crippen LogP contribution is 2.11. The maximum Gasteiger partial charge on any atom is 0.119 e. The molecule has 1 aromatic carbocycles. The van der Waals surface area contributed by atoms with Crippen molar-refractivity contribution < 1.29 is 19.7 Å². The standard InChI is InChI=1S/C15H22N2O4/c16-10-13-2-4-15(5-3-13)21-12-14(19)11-17-6-1-8-20-9-7-18/h2-5,14,17-19H,1,6-9,11-12H2. The molecule has 0 saturated carbocycles. The molecule has 116 valence electrons. The number of aliphatic hydroxyl groups excluding tert-OH is 2. The van der Waals surface area contributed by atoms with Gasteiger partial charge in [-0.3, -0.25) is 0 Å². The lowest BCUT2D eigenvalue weighted by Crippen LogP contribution is -2.32. The fraction of sp³-hybridized carbons (Fsp3) is 0.533. The van der Waals surface area contributed by atoms with E-state index in [0.717, 1.165) is 13.0 Å². The maximum absolute atomic E-state index is 9.75. The summed E-state index contributed by atoms with van der Waals surface area (Å²) in [4.78, 5) is 0. The summed E-state index contributed by atoms with van der Waals surface area (Å²) in [6, 6.07) is 8.79. The van der Waals surface area contributed by atoms with Gasteiger partial charge in [-0.05, 0) is 37.2 Å². The monoisotopic (exact) mass is 294 g/mol. The highest BCUT2D eigenvalue weighted by molar-refractivity contribution is 5.34. The van der Waals surface area contributed by atoms with Crippen molar-refractivity contribution in [3.63, 3.8) is 0 Å². The molecule has 21 heavy (non-hydrogen) atoms. The van der Waals surface area contributed by atoms with Crippen LogP contribution in [-0.2, 0) is 4.74 Å². The SMILES string of the molecule is N#Cc1ccc(OCC(O)CNCCCOCCO)cc1. The van der Waals surface area contributed by atoms with Gasteiger partial charge in [0.1, 0.15) is 18.5 Å². The fourth-order valence-corrected chi connectivity index (χ4v) is 1.61. The first-order valence-electron chi connectivity index (χ1n) is 6.96. The molecule has 3 N–H and O–H groups in total. The van der Waals surface area contributed by atoms with Gasteiger partial charge in [0.25, 0.3) is 0 Å². The molecular weight excluding hydrogens is 272 g/mol. The minimum atomic E-state index is -0.598. The van der Waals surface area contributed by atoms with E-state index in [-0.39, 0.29) is 13.2 Å². The first-order chi connectivity index (χ1) is 10.3. The third-order valence-electron chi connectivity index (χ3n) is 2.68. The van der Waals surface area contributed by atoms with Crippen molar-refractivity contribution in [2.75, 3.05) is 39.5 Å². The summed E-state index contributed by atoms with van der Waals surface area (Å²) in [7, 11) is 0. The number of benzene rings is 1. The third kappa shape index (κ3) is 8.27. The highest BCUT2D eigenvalue weighted by Gasteiger charge is 2.04. The molecule has 0 fully saturated rings. The van der Waals surface area contributed by atoms with E-state index in [2.05, 4.69) is 5.32 Å². The average molecular weight is 294 g/mol. The quantitative estimate of drug-likeness (QED) is 0.508. The highest BCUT2D eigenvalue weighted by atomic mass is 16.5. The maximum atomic E-state index is 9.75. The van der Waals surface area contributed by atoms with Crippen LogP contribution in [-0.4, -0.2) is 55.8 Å². The van der Waals surface area contributed by atoms with E-state index in [1.807, 2.05) is 6.07 Å². The number of nitriles is 1. The zero-order valence-electron chi connectivity index (χ0n) is 12.0. The van der Waals surface area contributed by atoms with Crippen molar-refractivity contribution in [1.29, 1.82) is 5.26 Å². The van der Waals surface area contributed by atoms with Gasteiger partial charge in [-0.2, -0.15) is 5.26 Å². The van der Waals surface area contributed by atoms with E-state index in [1.54, 1.807) is 24.3 Å². The van der Waals surface area contributed by atoms with Crippen LogP contribution >= 0.6 is 0 Å². The molecule has 1 unspecified atom stereocenters. The number of rotatable bonds is 11. The van der Waals surface area contributed by atoms with Gasteiger partial charge in [0.05, 0.1) is 24.8 Å². The molecule has 1 atom stereocenters. The molecule has 6 nitrogen and oxygen atoms in total. The smallest absolute Gasteiger partial charge is 0.119 e.